The van der Waals surface area contributed by atoms with Crippen LogP contribution in [0.1, 0.15) is 15.3 Å². The molecule has 0 aliphatic rings. The summed E-state index contributed by atoms with van der Waals surface area (Å²) in [5.41, 5.74) is 1.22. The minimum absolute atomic E-state index is 0.215. The number of alkyl halides is 1. The molecule has 0 saturated heterocycles. The lowest BCUT2D eigenvalue weighted by Gasteiger charge is -2.07. The van der Waals surface area contributed by atoms with Crippen LogP contribution < -0.4 is 0 Å². The van der Waals surface area contributed by atoms with Gasteiger partial charge in [-0.2, -0.15) is 0 Å². The summed E-state index contributed by atoms with van der Waals surface area (Å²) in [6.07, 6.45) is 0. The Hall–Kier alpha value is 0.170. The molecule has 0 fully saturated rings. The Morgan fingerprint density at radius 3 is 2.60 bits per heavy atom. The van der Waals surface area contributed by atoms with E-state index >= 15 is 0 Å². The normalized spacial score (nSPS) is 12.7. The largest absolute Gasteiger partial charge is 0.127 e. The van der Waals surface area contributed by atoms with Crippen molar-refractivity contribution < 1.29 is 0 Å². The van der Waals surface area contributed by atoms with Gasteiger partial charge in [0.2, 0.25) is 0 Å². The van der Waals surface area contributed by atoms with Crippen molar-refractivity contribution in [1.82, 2.24) is 0 Å². The van der Waals surface area contributed by atoms with E-state index in [9.17, 15) is 0 Å². The minimum atomic E-state index is 0.215. The van der Waals surface area contributed by atoms with E-state index in [-0.39, 0.29) is 4.83 Å². The number of thiophene rings is 1. The molecule has 0 amide bonds. The molecule has 78 valence electrons. The molecule has 4 heteroatoms. The maximum Gasteiger partial charge on any atom is 0.0931 e. The molecule has 0 N–H and O–H groups in total. The van der Waals surface area contributed by atoms with Crippen LogP contribution in [0.3, 0.4) is 0 Å². The molecule has 0 saturated carbocycles. The van der Waals surface area contributed by atoms with E-state index in [0.717, 1.165) is 8.81 Å². The zero-order chi connectivity index (χ0) is 10.8. The number of rotatable bonds is 2. The fourth-order valence-corrected chi connectivity index (χ4v) is 3.49. The summed E-state index contributed by atoms with van der Waals surface area (Å²) in [5, 5.41) is 0. The van der Waals surface area contributed by atoms with Gasteiger partial charge in [0.05, 0.1) is 9.16 Å². The summed E-state index contributed by atoms with van der Waals surface area (Å²) >= 11 is 14.6. The van der Waals surface area contributed by atoms with Crippen LogP contribution in [0, 0.1) is 0 Å². The molecule has 15 heavy (non-hydrogen) atoms. The molecule has 0 aliphatic heterocycles. The third kappa shape index (κ3) is 2.84. The third-order valence-electron chi connectivity index (χ3n) is 1.99. The number of hydrogen-bond donors (Lipinski definition) is 0. The van der Waals surface area contributed by atoms with Crippen LogP contribution in [-0.2, 0) is 0 Å². The summed E-state index contributed by atoms with van der Waals surface area (Å²) in [6.45, 7) is 0. The molecule has 2 rings (SSSR count). The van der Waals surface area contributed by atoms with Crippen molar-refractivity contribution in [2.45, 2.75) is 4.83 Å². The lowest BCUT2D eigenvalue weighted by atomic mass is 10.1. The molecule has 2 aromatic rings. The monoisotopic (exact) mass is 364 g/mol. The summed E-state index contributed by atoms with van der Waals surface area (Å²) in [7, 11) is 0. The maximum atomic E-state index is 5.91. The van der Waals surface area contributed by atoms with Gasteiger partial charge in [0.25, 0.3) is 0 Å². The fourth-order valence-electron chi connectivity index (χ4n) is 1.29. The number of benzene rings is 1. The molecule has 1 heterocycles. The highest BCUT2D eigenvalue weighted by atomic mass is 79.9. The predicted molar refractivity (Wildman–Crippen MR) is 74.2 cm³/mol. The summed E-state index contributed by atoms with van der Waals surface area (Å²) in [4.78, 5) is 1.44. The quantitative estimate of drug-likeness (QED) is 0.603. The fraction of sp³-hybridized carbons (Fsp3) is 0.0909. The van der Waals surface area contributed by atoms with E-state index in [0.29, 0.717) is 0 Å². The Balaban J connectivity index is 2.32. The molecule has 0 spiro atoms. The Morgan fingerprint density at radius 1 is 1.20 bits per heavy atom. The van der Waals surface area contributed by atoms with Crippen LogP contribution >= 0.6 is 54.8 Å². The molecule has 0 nitrogen and oxygen atoms in total. The predicted octanol–water partition coefficient (Wildman–Crippen LogP) is 5.65. The first kappa shape index (κ1) is 11.6. The molecule has 0 aliphatic carbocycles. The van der Waals surface area contributed by atoms with E-state index in [4.69, 9.17) is 11.6 Å². The topological polar surface area (TPSA) is 0 Å². The second kappa shape index (κ2) is 5.00. The summed E-state index contributed by atoms with van der Waals surface area (Å²) < 4.78 is 1.91. The average molecular weight is 367 g/mol. The Labute approximate surface area is 115 Å². The van der Waals surface area contributed by atoms with Crippen molar-refractivity contribution in [2.24, 2.45) is 0 Å². The van der Waals surface area contributed by atoms with E-state index in [1.807, 2.05) is 24.3 Å². The Bertz CT molecular complexity index is 467. The van der Waals surface area contributed by atoms with Crippen molar-refractivity contribution in [3.8, 4) is 0 Å². The SMILES string of the molecule is Clc1ccc(C(Br)c2cccc(Br)c2)s1. The van der Waals surface area contributed by atoms with Crippen molar-refractivity contribution in [1.29, 1.82) is 0 Å². The molecule has 1 unspecified atom stereocenters. The molecule has 1 aromatic heterocycles. The van der Waals surface area contributed by atoms with Gasteiger partial charge in [0, 0.05) is 9.35 Å². The molecule has 0 radical (unpaired) electrons. The van der Waals surface area contributed by atoms with Crippen LogP contribution in [0.2, 0.25) is 4.34 Å². The second-order valence-electron chi connectivity index (χ2n) is 3.06. The van der Waals surface area contributed by atoms with Gasteiger partial charge in [-0.1, -0.05) is 55.6 Å². The van der Waals surface area contributed by atoms with Crippen molar-refractivity contribution in [3.05, 3.63) is 55.6 Å². The summed E-state index contributed by atoms with van der Waals surface area (Å²) in [6, 6.07) is 12.2. The highest BCUT2D eigenvalue weighted by Crippen LogP contribution is 2.37. The molecule has 1 aromatic carbocycles. The first-order chi connectivity index (χ1) is 7.16. The first-order valence-corrected chi connectivity index (χ1v) is 7.22. The zero-order valence-corrected chi connectivity index (χ0v) is 12.3. The van der Waals surface area contributed by atoms with E-state index in [1.165, 1.54) is 10.4 Å². The van der Waals surface area contributed by atoms with E-state index in [1.54, 1.807) is 11.3 Å². The first-order valence-electron chi connectivity index (χ1n) is 4.31. The van der Waals surface area contributed by atoms with E-state index < -0.39 is 0 Å². The highest BCUT2D eigenvalue weighted by Gasteiger charge is 2.12. The van der Waals surface area contributed by atoms with Crippen LogP contribution in [-0.4, -0.2) is 0 Å². The molecular weight excluding hydrogens is 359 g/mol. The van der Waals surface area contributed by atoms with Crippen LogP contribution in [0.25, 0.3) is 0 Å². The molecule has 0 bridgehead atoms. The van der Waals surface area contributed by atoms with Gasteiger partial charge in [-0.05, 0) is 29.8 Å². The van der Waals surface area contributed by atoms with Crippen molar-refractivity contribution >= 4 is 54.8 Å². The van der Waals surface area contributed by atoms with Crippen molar-refractivity contribution in [2.75, 3.05) is 0 Å². The summed E-state index contributed by atoms with van der Waals surface area (Å²) in [5.74, 6) is 0. The third-order valence-corrected chi connectivity index (χ3v) is 5.10. The zero-order valence-electron chi connectivity index (χ0n) is 7.58. The standard InChI is InChI=1S/C11H7Br2ClS/c12-8-3-1-2-7(6-8)11(13)9-4-5-10(14)15-9/h1-6,11H. The van der Waals surface area contributed by atoms with Crippen LogP contribution in [0.15, 0.2) is 40.9 Å². The highest BCUT2D eigenvalue weighted by molar-refractivity contribution is 9.10. The van der Waals surface area contributed by atoms with E-state index in [2.05, 4.69) is 44.0 Å². The Morgan fingerprint density at radius 2 is 2.00 bits per heavy atom. The van der Waals surface area contributed by atoms with Gasteiger partial charge in [-0.25, -0.2) is 0 Å². The van der Waals surface area contributed by atoms with Gasteiger partial charge in [0.1, 0.15) is 0 Å². The van der Waals surface area contributed by atoms with Gasteiger partial charge in [0.15, 0.2) is 0 Å². The minimum Gasteiger partial charge on any atom is -0.127 e. The number of halogens is 3. The van der Waals surface area contributed by atoms with Crippen LogP contribution in [0.4, 0.5) is 0 Å². The molecule has 1 atom stereocenters. The molecular formula is C11H7Br2ClS. The maximum absolute atomic E-state index is 5.91. The average Bonchev–Trinajstić information content (AvgIpc) is 2.64. The van der Waals surface area contributed by atoms with Gasteiger partial charge < -0.3 is 0 Å². The van der Waals surface area contributed by atoms with Crippen molar-refractivity contribution in [3.63, 3.8) is 0 Å². The van der Waals surface area contributed by atoms with Gasteiger partial charge in [-0.3, -0.25) is 0 Å². The smallest absolute Gasteiger partial charge is 0.0931 e. The lowest BCUT2D eigenvalue weighted by Crippen LogP contribution is -1.88. The number of hydrogen-bond acceptors (Lipinski definition) is 1. The van der Waals surface area contributed by atoms with Gasteiger partial charge >= 0.3 is 0 Å². The second-order valence-corrected chi connectivity index (χ2v) is 6.64. The van der Waals surface area contributed by atoms with Crippen LogP contribution in [0.5, 0.6) is 0 Å². The Kier molecular flexibility index (Phi) is 3.88. The lowest BCUT2D eigenvalue weighted by molar-refractivity contribution is 1.22. The van der Waals surface area contributed by atoms with Gasteiger partial charge in [-0.15, -0.1) is 11.3 Å².